The van der Waals surface area contributed by atoms with E-state index in [4.69, 9.17) is 5.73 Å². The quantitative estimate of drug-likeness (QED) is 0.739. The van der Waals surface area contributed by atoms with Crippen molar-refractivity contribution in [3.05, 3.63) is 29.6 Å². The van der Waals surface area contributed by atoms with E-state index >= 15 is 0 Å². The van der Waals surface area contributed by atoms with Gasteiger partial charge in [-0.2, -0.15) is 0 Å². The van der Waals surface area contributed by atoms with E-state index in [-0.39, 0.29) is 5.82 Å². The molecular formula is C10H13FN2. The Bertz CT molecular complexity index is 312. The van der Waals surface area contributed by atoms with Gasteiger partial charge in [-0.05, 0) is 18.6 Å². The monoisotopic (exact) mass is 180 g/mol. The highest BCUT2D eigenvalue weighted by molar-refractivity contribution is 5.58. The molecule has 0 fully saturated rings. The molecule has 0 aromatic heterocycles. The number of nitrogens with zero attached hydrogens (tertiary/aromatic N) is 1. The highest BCUT2D eigenvalue weighted by Crippen LogP contribution is 2.29. The van der Waals surface area contributed by atoms with E-state index < -0.39 is 0 Å². The van der Waals surface area contributed by atoms with Gasteiger partial charge < -0.3 is 10.6 Å². The van der Waals surface area contributed by atoms with Crippen molar-refractivity contribution in [1.29, 1.82) is 0 Å². The zero-order valence-corrected chi connectivity index (χ0v) is 7.46. The summed E-state index contributed by atoms with van der Waals surface area (Å²) in [4.78, 5) is 2.14. The second-order valence-electron chi connectivity index (χ2n) is 3.26. The SMILES string of the molecule is NCCN1CCc2c(F)cccc21. The first-order valence-electron chi connectivity index (χ1n) is 4.55. The molecule has 0 radical (unpaired) electrons. The lowest BCUT2D eigenvalue weighted by molar-refractivity contribution is 0.615. The minimum Gasteiger partial charge on any atom is -0.370 e. The Kier molecular flexibility index (Phi) is 2.19. The van der Waals surface area contributed by atoms with Gasteiger partial charge in [-0.3, -0.25) is 0 Å². The molecular weight excluding hydrogens is 167 g/mol. The van der Waals surface area contributed by atoms with Crippen LogP contribution in [0.3, 0.4) is 0 Å². The highest BCUT2D eigenvalue weighted by Gasteiger charge is 2.20. The Morgan fingerprint density at radius 2 is 2.31 bits per heavy atom. The third-order valence-corrected chi connectivity index (χ3v) is 2.47. The highest BCUT2D eigenvalue weighted by atomic mass is 19.1. The summed E-state index contributed by atoms with van der Waals surface area (Å²) in [7, 11) is 0. The van der Waals surface area contributed by atoms with Crippen LogP contribution in [-0.4, -0.2) is 19.6 Å². The van der Waals surface area contributed by atoms with Crippen molar-refractivity contribution in [2.75, 3.05) is 24.5 Å². The molecule has 2 rings (SSSR count). The van der Waals surface area contributed by atoms with Crippen molar-refractivity contribution in [2.24, 2.45) is 5.73 Å². The van der Waals surface area contributed by atoms with Crippen LogP contribution in [0.2, 0.25) is 0 Å². The van der Waals surface area contributed by atoms with Crippen LogP contribution in [0.1, 0.15) is 5.56 Å². The molecule has 3 heteroatoms. The lowest BCUT2D eigenvalue weighted by Gasteiger charge is -2.17. The van der Waals surface area contributed by atoms with Gasteiger partial charge in [0.25, 0.3) is 0 Å². The number of fused-ring (bicyclic) bond motifs is 1. The van der Waals surface area contributed by atoms with E-state index in [2.05, 4.69) is 4.90 Å². The maximum atomic E-state index is 13.2. The second kappa shape index (κ2) is 3.34. The Morgan fingerprint density at radius 3 is 3.08 bits per heavy atom. The van der Waals surface area contributed by atoms with Crippen LogP contribution in [0.4, 0.5) is 10.1 Å². The summed E-state index contributed by atoms with van der Waals surface area (Å²) in [6, 6.07) is 5.23. The molecule has 0 aliphatic carbocycles. The fourth-order valence-electron chi connectivity index (χ4n) is 1.85. The van der Waals surface area contributed by atoms with Crippen LogP contribution in [0.25, 0.3) is 0 Å². The zero-order chi connectivity index (χ0) is 9.26. The first-order valence-corrected chi connectivity index (χ1v) is 4.55. The predicted molar refractivity (Wildman–Crippen MR) is 51.4 cm³/mol. The number of nitrogens with two attached hydrogens (primary N) is 1. The van der Waals surface area contributed by atoms with E-state index in [1.165, 1.54) is 6.07 Å². The lowest BCUT2D eigenvalue weighted by Crippen LogP contribution is -2.27. The van der Waals surface area contributed by atoms with Gasteiger partial charge in [-0.25, -0.2) is 4.39 Å². The number of halogens is 1. The van der Waals surface area contributed by atoms with Crippen molar-refractivity contribution in [3.63, 3.8) is 0 Å². The zero-order valence-electron chi connectivity index (χ0n) is 7.46. The van der Waals surface area contributed by atoms with Gasteiger partial charge in [0.15, 0.2) is 0 Å². The minimum atomic E-state index is -0.0861. The first kappa shape index (κ1) is 8.51. The summed E-state index contributed by atoms with van der Waals surface area (Å²) in [5.74, 6) is -0.0861. The molecule has 1 aromatic carbocycles. The second-order valence-corrected chi connectivity index (χ2v) is 3.26. The van der Waals surface area contributed by atoms with Crippen molar-refractivity contribution in [1.82, 2.24) is 0 Å². The minimum absolute atomic E-state index is 0.0861. The summed E-state index contributed by atoms with van der Waals surface area (Å²) in [6.45, 7) is 2.33. The molecule has 1 heterocycles. The summed E-state index contributed by atoms with van der Waals surface area (Å²) < 4.78 is 13.2. The lowest BCUT2D eigenvalue weighted by atomic mass is 10.1. The van der Waals surface area contributed by atoms with Gasteiger partial charge in [-0.15, -0.1) is 0 Å². The van der Waals surface area contributed by atoms with Crippen molar-refractivity contribution in [3.8, 4) is 0 Å². The molecule has 1 aromatic rings. The molecule has 1 aliphatic heterocycles. The molecule has 0 saturated heterocycles. The molecule has 2 nitrogen and oxygen atoms in total. The number of hydrogen-bond acceptors (Lipinski definition) is 2. The summed E-state index contributed by atoms with van der Waals surface area (Å²) in [5, 5.41) is 0. The molecule has 0 amide bonds. The van der Waals surface area contributed by atoms with E-state index in [1.807, 2.05) is 6.07 Å². The van der Waals surface area contributed by atoms with E-state index in [9.17, 15) is 4.39 Å². The topological polar surface area (TPSA) is 29.3 Å². The maximum Gasteiger partial charge on any atom is 0.128 e. The van der Waals surface area contributed by atoms with Gasteiger partial charge in [0.2, 0.25) is 0 Å². The number of hydrogen-bond donors (Lipinski definition) is 1. The fraction of sp³-hybridized carbons (Fsp3) is 0.400. The Morgan fingerprint density at radius 1 is 1.46 bits per heavy atom. The smallest absolute Gasteiger partial charge is 0.128 e. The van der Waals surface area contributed by atoms with Crippen molar-refractivity contribution in [2.45, 2.75) is 6.42 Å². The Balaban J connectivity index is 2.32. The third kappa shape index (κ3) is 1.40. The molecule has 2 N–H and O–H groups in total. The molecule has 0 unspecified atom stereocenters. The van der Waals surface area contributed by atoms with Gasteiger partial charge in [-0.1, -0.05) is 6.07 Å². The van der Waals surface area contributed by atoms with Gasteiger partial charge in [0, 0.05) is 30.9 Å². The van der Waals surface area contributed by atoms with Crippen LogP contribution in [0, 0.1) is 5.82 Å². The van der Waals surface area contributed by atoms with Gasteiger partial charge >= 0.3 is 0 Å². The standard InChI is InChI=1S/C10H13FN2/c11-9-2-1-3-10-8(9)4-6-13(10)7-5-12/h1-3H,4-7,12H2. The normalized spacial score (nSPS) is 14.8. The van der Waals surface area contributed by atoms with Crippen LogP contribution in [-0.2, 0) is 6.42 Å². The molecule has 70 valence electrons. The molecule has 0 bridgehead atoms. The average Bonchev–Trinajstić information content (AvgIpc) is 2.51. The van der Waals surface area contributed by atoms with Crippen LogP contribution >= 0.6 is 0 Å². The maximum absolute atomic E-state index is 13.2. The van der Waals surface area contributed by atoms with E-state index in [1.54, 1.807) is 6.07 Å². The van der Waals surface area contributed by atoms with Crippen LogP contribution < -0.4 is 10.6 Å². The molecule has 0 saturated carbocycles. The summed E-state index contributed by atoms with van der Waals surface area (Å²) >= 11 is 0. The Hall–Kier alpha value is -1.09. The first-order chi connectivity index (χ1) is 6.33. The van der Waals surface area contributed by atoms with Crippen LogP contribution in [0.15, 0.2) is 18.2 Å². The molecule has 1 aliphatic rings. The van der Waals surface area contributed by atoms with Crippen molar-refractivity contribution < 1.29 is 4.39 Å². The third-order valence-electron chi connectivity index (χ3n) is 2.47. The number of rotatable bonds is 2. The number of benzene rings is 1. The predicted octanol–water partition coefficient (Wildman–Crippen LogP) is 1.15. The van der Waals surface area contributed by atoms with E-state index in [0.29, 0.717) is 6.54 Å². The average molecular weight is 180 g/mol. The number of anilines is 1. The van der Waals surface area contributed by atoms with Gasteiger partial charge in [0.05, 0.1) is 0 Å². The van der Waals surface area contributed by atoms with E-state index in [0.717, 1.165) is 30.8 Å². The molecule has 0 spiro atoms. The van der Waals surface area contributed by atoms with Crippen molar-refractivity contribution >= 4 is 5.69 Å². The summed E-state index contributed by atoms with van der Waals surface area (Å²) in [6.07, 6.45) is 0.808. The van der Waals surface area contributed by atoms with Gasteiger partial charge in [0.1, 0.15) is 5.82 Å². The van der Waals surface area contributed by atoms with Crippen LogP contribution in [0.5, 0.6) is 0 Å². The largest absolute Gasteiger partial charge is 0.370 e. The summed E-state index contributed by atoms with van der Waals surface area (Å²) in [5.41, 5.74) is 7.33. The fourth-order valence-corrected chi connectivity index (χ4v) is 1.85. The molecule has 13 heavy (non-hydrogen) atoms. The Labute approximate surface area is 77.2 Å². The molecule has 0 atom stereocenters.